The number of para-hydroxylation sites is 1. The highest BCUT2D eigenvalue weighted by Gasteiger charge is 2.19. The van der Waals surface area contributed by atoms with Crippen molar-refractivity contribution in [1.29, 1.82) is 0 Å². The summed E-state index contributed by atoms with van der Waals surface area (Å²) in [5.41, 5.74) is -0.688. The number of hydrogen-bond acceptors (Lipinski definition) is 5. The third-order valence-electron chi connectivity index (χ3n) is 2.95. The van der Waals surface area contributed by atoms with Gasteiger partial charge in [-0.15, -0.1) is 0 Å². The first-order valence-electron chi connectivity index (χ1n) is 6.86. The number of carbonyl (C=O) groups excluding carboxylic acids is 1. The Morgan fingerprint density at radius 2 is 1.83 bits per heavy atom. The first-order chi connectivity index (χ1) is 11.3. The maximum absolute atomic E-state index is 12.1. The second-order valence-electron chi connectivity index (χ2n) is 4.92. The van der Waals surface area contributed by atoms with Gasteiger partial charge in [-0.2, -0.15) is 0 Å². The van der Waals surface area contributed by atoms with Crippen molar-refractivity contribution < 1.29 is 22.7 Å². The van der Waals surface area contributed by atoms with Crippen LogP contribution >= 0.6 is 11.6 Å². The zero-order chi connectivity index (χ0) is 17.7. The fraction of sp³-hybridized carbons (Fsp3) is 0.188. The Hall–Kier alpha value is -2.09. The number of ether oxygens (including phenoxy) is 2. The highest BCUT2D eigenvalue weighted by molar-refractivity contribution is 7.92. The average Bonchev–Trinajstić information content (AvgIpc) is 2.54. The van der Waals surface area contributed by atoms with Gasteiger partial charge in [0.05, 0.1) is 11.9 Å². The molecular formula is C16H16ClNO5S. The van der Waals surface area contributed by atoms with Crippen LogP contribution in [0.3, 0.4) is 0 Å². The number of hydrogen-bond donors (Lipinski definition) is 1. The van der Waals surface area contributed by atoms with Gasteiger partial charge in [-0.3, -0.25) is 9.52 Å². The minimum atomic E-state index is -3.51. The lowest BCUT2D eigenvalue weighted by Gasteiger charge is -2.14. The molecule has 0 heterocycles. The fourth-order valence-electron chi connectivity index (χ4n) is 1.90. The lowest BCUT2D eigenvalue weighted by Crippen LogP contribution is -2.17. The molecule has 0 saturated carbocycles. The number of Topliss-reactive ketones (excluding diaryl/α,β-unsaturated/α-hetero) is 1. The molecule has 0 aliphatic heterocycles. The topological polar surface area (TPSA) is 81.7 Å². The zero-order valence-corrected chi connectivity index (χ0v) is 14.6. The normalized spacial score (nSPS) is 12.5. The molecule has 2 aromatic carbocycles. The molecule has 0 spiro atoms. The van der Waals surface area contributed by atoms with Gasteiger partial charge in [0, 0.05) is 12.7 Å². The van der Waals surface area contributed by atoms with E-state index in [4.69, 9.17) is 21.1 Å². The monoisotopic (exact) mass is 369 g/mol. The fourth-order valence-corrected chi connectivity index (χ4v) is 2.59. The summed E-state index contributed by atoms with van der Waals surface area (Å²) in [4.78, 5) is 12.1. The number of anilines is 1. The Bertz CT molecular complexity index is 824. The lowest BCUT2D eigenvalue weighted by atomic mass is 10.1. The van der Waals surface area contributed by atoms with Crippen LogP contribution < -0.4 is 9.46 Å². The standard InChI is InChI=1S/C16H16ClNO5S/c1-22-16(17)15(19)11-8-9-13(18-24(2,20)21)14(10-11)23-12-6-4-3-5-7-12/h3-10,16,18H,1-2H3. The first kappa shape index (κ1) is 18.3. The van der Waals surface area contributed by atoms with E-state index in [0.29, 0.717) is 5.75 Å². The van der Waals surface area contributed by atoms with Gasteiger partial charge in [-0.1, -0.05) is 29.8 Å². The van der Waals surface area contributed by atoms with E-state index in [0.717, 1.165) is 6.26 Å². The maximum Gasteiger partial charge on any atom is 0.229 e. The quantitative estimate of drug-likeness (QED) is 0.598. The van der Waals surface area contributed by atoms with Crippen LogP contribution in [0.2, 0.25) is 0 Å². The van der Waals surface area contributed by atoms with Crippen LogP contribution in [0.25, 0.3) is 0 Å². The summed E-state index contributed by atoms with van der Waals surface area (Å²) in [5.74, 6) is 0.216. The van der Waals surface area contributed by atoms with Gasteiger partial charge in [0.1, 0.15) is 5.75 Å². The number of nitrogens with one attached hydrogen (secondary N) is 1. The third kappa shape index (κ3) is 4.95. The predicted octanol–water partition coefficient (Wildman–Crippen LogP) is 3.24. The number of alkyl halides is 1. The van der Waals surface area contributed by atoms with E-state index in [1.807, 2.05) is 6.07 Å². The number of ketones is 1. The van der Waals surface area contributed by atoms with Crippen molar-refractivity contribution in [2.75, 3.05) is 18.1 Å². The van der Waals surface area contributed by atoms with Crippen molar-refractivity contribution in [1.82, 2.24) is 0 Å². The summed E-state index contributed by atoms with van der Waals surface area (Å²) in [5, 5.41) is 0. The second-order valence-corrected chi connectivity index (χ2v) is 7.06. The van der Waals surface area contributed by atoms with E-state index in [1.165, 1.54) is 25.3 Å². The molecule has 0 aliphatic rings. The Labute approximate surface area is 145 Å². The summed E-state index contributed by atoms with van der Waals surface area (Å²) in [7, 11) is -2.20. The number of halogens is 1. The van der Waals surface area contributed by atoms with E-state index in [1.54, 1.807) is 24.3 Å². The van der Waals surface area contributed by atoms with E-state index >= 15 is 0 Å². The van der Waals surface area contributed by atoms with Crippen LogP contribution in [0.5, 0.6) is 11.5 Å². The molecular weight excluding hydrogens is 354 g/mol. The van der Waals surface area contributed by atoms with Crippen molar-refractivity contribution in [2.24, 2.45) is 0 Å². The Kier molecular flexibility index (Phi) is 5.82. The van der Waals surface area contributed by atoms with Gasteiger partial charge in [0.2, 0.25) is 15.8 Å². The van der Waals surface area contributed by atoms with Crippen LogP contribution in [0.15, 0.2) is 48.5 Å². The number of carbonyl (C=O) groups is 1. The molecule has 1 N–H and O–H groups in total. The van der Waals surface area contributed by atoms with Gasteiger partial charge in [-0.05, 0) is 30.3 Å². The molecule has 128 valence electrons. The molecule has 2 rings (SSSR count). The Morgan fingerprint density at radius 1 is 1.17 bits per heavy atom. The Balaban J connectivity index is 2.43. The van der Waals surface area contributed by atoms with Crippen molar-refractivity contribution in [3.8, 4) is 11.5 Å². The molecule has 2 aromatic rings. The van der Waals surface area contributed by atoms with Gasteiger partial charge in [0.15, 0.2) is 11.3 Å². The van der Waals surface area contributed by atoms with Crippen LogP contribution in [0.4, 0.5) is 5.69 Å². The van der Waals surface area contributed by atoms with Gasteiger partial charge >= 0.3 is 0 Å². The largest absolute Gasteiger partial charge is 0.455 e. The molecule has 0 fully saturated rings. The molecule has 6 nitrogen and oxygen atoms in total. The number of sulfonamides is 1. The van der Waals surface area contributed by atoms with E-state index in [-0.39, 0.29) is 17.0 Å². The summed E-state index contributed by atoms with van der Waals surface area (Å²) < 4.78 is 35.9. The zero-order valence-electron chi connectivity index (χ0n) is 13.0. The van der Waals surface area contributed by atoms with Crippen LogP contribution in [-0.2, 0) is 14.8 Å². The van der Waals surface area contributed by atoms with Crippen LogP contribution in [0.1, 0.15) is 10.4 Å². The highest BCUT2D eigenvalue weighted by atomic mass is 35.5. The Morgan fingerprint density at radius 3 is 2.42 bits per heavy atom. The molecule has 0 aliphatic carbocycles. The van der Waals surface area contributed by atoms with Crippen molar-refractivity contribution >= 4 is 33.1 Å². The summed E-state index contributed by atoms with van der Waals surface area (Å²) in [6.07, 6.45) is 1.03. The second kappa shape index (κ2) is 7.65. The summed E-state index contributed by atoms with van der Waals surface area (Å²) >= 11 is 5.78. The third-order valence-corrected chi connectivity index (χ3v) is 3.91. The maximum atomic E-state index is 12.1. The predicted molar refractivity (Wildman–Crippen MR) is 92.4 cm³/mol. The minimum absolute atomic E-state index is 0.178. The van der Waals surface area contributed by atoms with Crippen molar-refractivity contribution in [3.63, 3.8) is 0 Å². The highest BCUT2D eigenvalue weighted by Crippen LogP contribution is 2.32. The first-order valence-corrected chi connectivity index (χ1v) is 9.19. The number of rotatable bonds is 7. The van der Waals surface area contributed by atoms with Crippen molar-refractivity contribution in [2.45, 2.75) is 5.56 Å². The van der Waals surface area contributed by atoms with Gasteiger partial charge in [0.25, 0.3) is 0 Å². The van der Waals surface area contributed by atoms with Crippen molar-refractivity contribution in [3.05, 3.63) is 54.1 Å². The lowest BCUT2D eigenvalue weighted by molar-refractivity contribution is 0.0781. The molecule has 0 aromatic heterocycles. The molecule has 0 saturated heterocycles. The molecule has 0 bridgehead atoms. The summed E-state index contributed by atoms with van der Waals surface area (Å²) in [6, 6.07) is 13.1. The molecule has 24 heavy (non-hydrogen) atoms. The molecule has 0 radical (unpaired) electrons. The number of methoxy groups -OCH3 is 1. The van der Waals surface area contributed by atoms with E-state index in [9.17, 15) is 13.2 Å². The van der Waals surface area contributed by atoms with E-state index < -0.39 is 21.4 Å². The van der Waals surface area contributed by atoms with E-state index in [2.05, 4.69) is 4.72 Å². The smallest absolute Gasteiger partial charge is 0.229 e. The molecule has 8 heteroatoms. The summed E-state index contributed by atoms with van der Waals surface area (Å²) in [6.45, 7) is 0. The van der Waals surface area contributed by atoms with Crippen LogP contribution in [-0.4, -0.2) is 33.1 Å². The average molecular weight is 370 g/mol. The minimum Gasteiger partial charge on any atom is -0.455 e. The number of benzene rings is 2. The molecule has 1 atom stereocenters. The molecule has 0 amide bonds. The molecule has 1 unspecified atom stereocenters. The van der Waals surface area contributed by atoms with Gasteiger partial charge < -0.3 is 9.47 Å². The van der Waals surface area contributed by atoms with Gasteiger partial charge in [-0.25, -0.2) is 8.42 Å². The van der Waals surface area contributed by atoms with Crippen LogP contribution in [0, 0.1) is 0 Å². The SMILES string of the molecule is COC(Cl)C(=O)c1ccc(NS(C)(=O)=O)c(Oc2ccccc2)c1.